The minimum Gasteiger partial charge on any atom is -0.295 e. The lowest BCUT2D eigenvalue weighted by atomic mass is 10.2. The Balaban J connectivity index is 3.25. The van der Waals surface area contributed by atoms with Gasteiger partial charge in [0.2, 0.25) is 0 Å². The van der Waals surface area contributed by atoms with E-state index in [9.17, 15) is 13.2 Å². The second-order valence-electron chi connectivity index (χ2n) is 3.25. The Morgan fingerprint density at radius 3 is 2.40 bits per heavy atom. The van der Waals surface area contributed by atoms with Crippen molar-refractivity contribution in [1.82, 2.24) is 0 Å². The van der Waals surface area contributed by atoms with Crippen molar-refractivity contribution in [2.45, 2.75) is 11.8 Å². The Hall–Kier alpha value is -1.42. The molecule has 1 aromatic rings. The fraction of sp³-hybridized carbons (Fsp3) is 0.182. The molecule has 1 rings (SSSR count). The first-order valence-electron chi connectivity index (χ1n) is 4.39. The van der Waals surface area contributed by atoms with E-state index >= 15 is 0 Å². The predicted octanol–water partition coefficient (Wildman–Crippen LogP) is 1.69. The fourth-order valence-electron chi connectivity index (χ4n) is 1.16. The smallest absolute Gasteiger partial charge is 0.176 e. The van der Waals surface area contributed by atoms with Crippen LogP contribution in [-0.2, 0) is 14.6 Å². The maximum Gasteiger partial charge on any atom is 0.176 e. The number of rotatable bonds is 3. The topological polar surface area (TPSA) is 51.2 Å². The summed E-state index contributed by atoms with van der Waals surface area (Å²) < 4.78 is 22.8. The molecule has 15 heavy (non-hydrogen) atoms. The average Bonchev–Trinajstić information content (AvgIpc) is 2.13. The van der Waals surface area contributed by atoms with Crippen LogP contribution in [0.15, 0.2) is 35.2 Å². The molecule has 0 saturated carbocycles. The van der Waals surface area contributed by atoms with E-state index in [0.717, 1.165) is 6.26 Å². The SMILES string of the molecule is CC(=O)/C=C/c1ccccc1S(C)(=O)=O. The number of allylic oxidation sites excluding steroid dienone is 1. The van der Waals surface area contributed by atoms with Gasteiger partial charge in [-0.1, -0.05) is 24.3 Å². The number of ketones is 1. The van der Waals surface area contributed by atoms with Crippen LogP contribution in [-0.4, -0.2) is 20.5 Å². The van der Waals surface area contributed by atoms with Gasteiger partial charge < -0.3 is 0 Å². The van der Waals surface area contributed by atoms with Crippen LogP contribution in [0, 0.1) is 0 Å². The standard InChI is InChI=1S/C11H12O3S/c1-9(12)7-8-10-5-3-4-6-11(10)15(2,13)14/h3-8H,1-2H3/b8-7+. The first-order valence-corrected chi connectivity index (χ1v) is 6.28. The van der Waals surface area contributed by atoms with Crippen molar-refractivity contribution in [3.05, 3.63) is 35.9 Å². The van der Waals surface area contributed by atoms with Gasteiger partial charge in [0, 0.05) is 6.26 Å². The third-order valence-electron chi connectivity index (χ3n) is 1.82. The van der Waals surface area contributed by atoms with Gasteiger partial charge in [-0.25, -0.2) is 8.42 Å². The monoisotopic (exact) mass is 224 g/mol. The van der Waals surface area contributed by atoms with Crippen LogP contribution < -0.4 is 0 Å². The van der Waals surface area contributed by atoms with Crippen LogP contribution in [0.2, 0.25) is 0 Å². The zero-order valence-corrected chi connectivity index (χ0v) is 9.41. The van der Waals surface area contributed by atoms with E-state index < -0.39 is 9.84 Å². The number of hydrogen-bond donors (Lipinski definition) is 0. The van der Waals surface area contributed by atoms with Crippen molar-refractivity contribution in [2.24, 2.45) is 0 Å². The van der Waals surface area contributed by atoms with Crippen molar-refractivity contribution >= 4 is 21.7 Å². The van der Waals surface area contributed by atoms with Gasteiger partial charge in [-0.3, -0.25) is 4.79 Å². The maximum atomic E-state index is 11.4. The van der Waals surface area contributed by atoms with Gasteiger partial charge in [0.25, 0.3) is 0 Å². The lowest BCUT2D eigenvalue weighted by Crippen LogP contribution is -1.99. The molecule has 3 nitrogen and oxygen atoms in total. The quantitative estimate of drug-likeness (QED) is 0.734. The molecule has 0 unspecified atom stereocenters. The van der Waals surface area contributed by atoms with E-state index in [-0.39, 0.29) is 10.7 Å². The van der Waals surface area contributed by atoms with Crippen molar-refractivity contribution in [1.29, 1.82) is 0 Å². The van der Waals surface area contributed by atoms with Gasteiger partial charge in [0.05, 0.1) is 4.90 Å². The largest absolute Gasteiger partial charge is 0.295 e. The molecule has 0 aliphatic heterocycles. The van der Waals surface area contributed by atoms with Crippen LogP contribution in [0.1, 0.15) is 12.5 Å². The molecule has 0 saturated heterocycles. The Morgan fingerprint density at radius 2 is 1.87 bits per heavy atom. The fourth-order valence-corrected chi connectivity index (χ4v) is 2.05. The van der Waals surface area contributed by atoms with Crippen molar-refractivity contribution in [3.63, 3.8) is 0 Å². The lowest BCUT2D eigenvalue weighted by Gasteiger charge is -2.02. The molecule has 0 aliphatic rings. The molecule has 0 spiro atoms. The van der Waals surface area contributed by atoms with Crippen LogP contribution in [0.4, 0.5) is 0 Å². The van der Waals surface area contributed by atoms with Gasteiger partial charge in [0.15, 0.2) is 15.6 Å². The number of carbonyl (C=O) groups excluding carboxylic acids is 1. The highest BCUT2D eigenvalue weighted by Crippen LogP contribution is 2.16. The van der Waals surface area contributed by atoms with Crippen LogP contribution >= 0.6 is 0 Å². The highest BCUT2D eigenvalue weighted by molar-refractivity contribution is 7.90. The molecule has 0 heterocycles. The van der Waals surface area contributed by atoms with Crippen molar-refractivity contribution in [3.8, 4) is 0 Å². The summed E-state index contributed by atoms with van der Waals surface area (Å²) >= 11 is 0. The van der Waals surface area contributed by atoms with Gasteiger partial charge in [-0.05, 0) is 24.6 Å². The summed E-state index contributed by atoms with van der Waals surface area (Å²) in [5, 5.41) is 0. The van der Waals surface area contributed by atoms with E-state index in [1.165, 1.54) is 25.1 Å². The first kappa shape index (κ1) is 11.7. The van der Waals surface area contributed by atoms with E-state index in [2.05, 4.69) is 0 Å². The molecule has 0 aromatic heterocycles. The third-order valence-corrected chi connectivity index (χ3v) is 2.99. The summed E-state index contributed by atoms with van der Waals surface area (Å²) in [4.78, 5) is 11.0. The number of carbonyl (C=O) groups is 1. The summed E-state index contributed by atoms with van der Waals surface area (Å²) in [6.45, 7) is 1.42. The summed E-state index contributed by atoms with van der Waals surface area (Å²) in [6.07, 6.45) is 4.01. The first-order chi connectivity index (χ1) is 6.91. The molecule has 0 amide bonds. The Morgan fingerprint density at radius 1 is 1.27 bits per heavy atom. The molecule has 1 aromatic carbocycles. The van der Waals surface area contributed by atoms with Gasteiger partial charge in [0.1, 0.15) is 0 Å². The second-order valence-corrected chi connectivity index (χ2v) is 5.24. The number of hydrogen-bond acceptors (Lipinski definition) is 3. The van der Waals surface area contributed by atoms with Crippen LogP contribution in [0.25, 0.3) is 6.08 Å². The van der Waals surface area contributed by atoms with E-state index in [1.807, 2.05) is 0 Å². The zero-order valence-electron chi connectivity index (χ0n) is 8.60. The highest BCUT2D eigenvalue weighted by atomic mass is 32.2. The summed E-state index contributed by atoms with van der Waals surface area (Å²) in [6, 6.07) is 6.57. The van der Waals surface area contributed by atoms with Gasteiger partial charge >= 0.3 is 0 Å². The summed E-state index contributed by atoms with van der Waals surface area (Å²) in [5.41, 5.74) is 0.537. The van der Waals surface area contributed by atoms with E-state index in [0.29, 0.717) is 5.56 Å². The molecule has 80 valence electrons. The Labute approximate surface area is 89.4 Å². The summed E-state index contributed by atoms with van der Waals surface area (Å²) in [5.74, 6) is -0.113. The zero-order chi connectivity index (χ0) is 11.5. The number of sulfone groups is 1. The van der Waals surface area contributed by atoms with Crippen LogP contribution in [0.5, 0.6) is 0 Å². The molecule has 0 fully saturated rings. The lowest BCUT2D eigenvalue weighted by molar-refractivity contribution is -0.112. The minimum absolute atomic E-state index is 0.113. The second kappa shape index (κ2) is 4.40. The average molecular weight is 224 g/mol. The Bertz CT molecular complexity index is 498. The highest BCUT2D eigenvalue weighted by Gasteiger charge is 2.09. The normalized spacial score (nSPS) is 11.9. The minimum atomic E-state index is -3.24. The third kappa shape index (κ3) is 3.32. The van der Waals surface area contributed by atoms with E-state index in [1.54, 1.807) is 18.2 Å². The van der Waals surface area contributed by atoms with Crippen molar-refractivity contribution < 1.29 is 13.2 Å². The molecule has 0 atom stereocenters. The van der Waals surface area contributed by atoms with Crippen molar-refractivity contribution in [2.75, 3.05) is 6.26 Å². The molecule has 0 N–H and O–H groups in total. The summed E-state index contributed by atoms with van der Waals surface area (Å²) in [7, 11) is -3.24. The van der Waals surface area contributed by atoms with Gasteiger partial charge in [-0.15, -0.1) is 0 Å². The molecular formula is C11H12O3S. The maximum absolute atomic E-state index is 11.4. The molecule has 0 bridgehead atoms. The molecule has 0 radical (unpaired) electrons. The van der Waals surface area contributed by atoms with E-state index in [4.69, 9.17) is 0 Å². The van der Waals surface area contributed by atoms with Gasteiger partial charge in [-0.2, -0.15) is 0 Å². The molecular weight excluding hydrogens is 212 g/mol. The van der Waals surface area contributed by atoms with Crippen LogP contribution in [0.3, 0.4) is 0 Å². The number of benzene rings is 1. The molecule has 0 aliphatic carbocycles. The molecule has 4 heteroatoms. The Kier molecular flexibility index (Phi) is 3.42. The predicted molar refractivity (Wildman–Crippen MR) is 59.3 cm³/mol.